The van der Waals surface area contributed by atoms with Crippen molar-refractivity contribution in [2.45, 2.75) is 31.9 Å². The Morgan fingerprint density at radius 3 is 3.00 bits per heavy atom. The molecule has 2 atom stereocenters. The number of hydrogen-bond acceptors (Lipinski definition) is 4. The summed E-state index contributed by atoms with van der Waals surface area (Å²) < 4.78 is 16.0. The summed E-state index contributed by atoms with van der Waals surface area (Å²) in [5, 5.41) is 2.97. The first-order valence-electron chi connectivity index (χ1n) is 6.55. The SMILES string of the molecule is C[C@@H](NC(=O)[C@@H]1CCCO1)c1ccc2c(c1)OCO2. The van der Waals surface area contributed by atoms with Gasteiger partial charge < -0.3 is 19.5 Å². The van der Waals surface area contributed by atoms with Gasteiger partial charge in [-0.15, -0.1) is 0 Å². The molecular weight excluding hydrogens is 246 g/mol. The highest BCUT2D eigenvalue weighted by molar-refractivity contribution is 5.81. The fourth-order valence-electron chi connectivity index (χ4n) is 2.36. The third-order valence-corrected chi connectivity index (χ3v) is 3.48. The first-order chi connectivity index (χ1) is 9.24. The summed E-state index contributed by atoms with van der Waals surface area (Å²) in [6.07, 6.45) is 1.47. The Kier molecular flexibility index (Phi) is 3.29. The molecule has 1 amide bonds. The van der Waals surface area contributed by atoms with E-state index in [0.717, 1.165) is 29.9 Å². The molecule has 0 unspecified atom stereocenters. The summed E-state index contributed by atoms with van der Waals surface area (Å²) in [5.41, 5.74) is 0.996. The standard InChI is InChI=1S/C14H17NO4/c1-9(15-14(16)12-3-2-6-17-12)10-4-5-11-13(7-10)19-8-18-11/h4-5,7,9,12H,2-3,6,8H2,1H3,(H,15,16)/t9-,12+/m1/s1. The average Bonchev–Trinajstić information content (AvgIpc) is 3.09. The zero-order valence-corrected chi connectivity index (χ0v) is 10.8. The van der Waals surface area contributed by atoms with Gasteiger partial charge in [-0.1, -0.05) is 6.07 Å². The van der Waals surface area contributed by atoms with Gasteiger partial charge in [0.1, 0.15) is 6.10 Å². The molecule has 0 aliphatic carbocycles. The highest BCUT2D eigenvalue weighted by Crippen LogP contribution is 2.34. The highest BCUT2D eigenvalue weighted by atomic mass is 16.7. The van der Waals surface area contributed by atoms with Crippen LogP contribution in [0.15, 0.2) is 18.2 Å². The van der Waals surface area contributed by atoms with Crippen LogP contribution in [0.3, 0.4) is 0 Å². The molecule has 3 rings (SSSR count). The van der Waals surface area contributed by atoms with Crippen molar-refractivity contribution in [3.63, 3.8) is 0 Å². The number of carbonyl (C=O) groups excluding carboxylic acids is 1. The molecule has 2 aliphatic rings. The minimum Gasteiger partial charge on any atom is -0.454 e. The number of rotatable bonds is 3. The Morgan fingerprint density at radius 1 is 1.37 bits per heavy atom. The van der Waals surface area contributed by atoms with Crippen LogP contribution >= 0.6 is 0 Å². The summed E-state index contributed by atoms with van der Waals surface area (Å²) >= 11 is 0. The zero-order valence-electron chi connectivity index (χ0n) is 10.8. The van der Waals surface area contributed by atoms with E-state index in [2.05, 4.69) is 5.32 Å². The third-order valence-electron chi connectivity index (χ3n) is 3.48. The van der Waals surface area contributed by atoms with E-state index in [1.807, 2.05) is 25.1 Å². The normalized spacial score (nSPS) is 22.3. The van der Waals surface area contributed by atoms with Gasteiger partial charge >= 0.3 is 0 Å². The lowest BCUT2D eigenvalue weighted by Gasteiger charge is -2.17. The topological polar surface area (TPSA) is 56.8 Å². The number of ether oxygens (including phenoxy) is 3. The summed E-state index contributed by atoms with van der Waals surface area (Å²) in [4.78, 5) is 12.0. The quantitative estimate of drug-likeness (QED) is 0.903. The molecule has 1 fully saturated rings. The predicted molar refractivity (Wildman–Crippen MR) is 68.1 cm³/mol. The fourth-order valence-corrected chi connectivity index (χ4v) is 2.36. The maximum atomic E-state index is 12.0. The number of nitrogens with one attached hydrogen (secondary N) is 1. The zero-order chi connectivity index (χ0) is 13.2. The monoisotopic (exact) mass is 263 g/mol. The largest absolute Gasteiger partial charge is 0.454 e. The maximum Gasteiger partial charge on any atom is 0.249 e. The van der Waals surface area contributed by atoms with E-state index in [1.54, 1.807) is 0 Å². The van der Waals surface area contributed by atoms with Crippen molar-refractivity contribution in [2.75, 3.05) is 13.4 Å². The van der Waals surface area contributed by atoms with Crippen LogP contribution < -0.4 is 14.8 Å². The third kappa shape index (κ3) is 2.51. The molecule has 1 N–H and O–H groups in total. The number of amides is 1. The van der Waals surface area contributed by atoms with E-state index in [-0.39, 0.29) is 24.8 Å². The summed E-state index contributed by atoms with van der Waals surface area (Å²) in [6.45, 7) is 2.89. The van der Waals surface area contributed by atoms with Gasteiger partial charge in [0.2, 0.25) is 12.7 Å². The fraction of sp³-hybridized carbons (Fsp3) is 0.500. The minimum absolute atomic E-state index is 0.0392. The number of benzene rings is 1. The molecule has 1 aromatic carbocycles. The Hall–Kier alpha value is -1.75. The predicted octanol–water partition coefficient (Wildman–Crippen LogP) is 1.77. The van der Waals surface area contributed by atoms with Crippen molar-refractivity contribution in [2.24, 2.45) is 0 Å². The summed E-state index contributed by atoms with van der Waals surface area (Å²) in [5.74, 6) is 1.44. The lowest BCUT2D eigenvalue weighted by atomic mass is 10.1. The molecule has 0 spiro atoms. The van der Waals surface area contributed by atoms with Crippen molar-refractivity contribution in [3.05, 3.63) is 23.8 Å². The van der Waals surface area contributed by atoms with Gasteiger partial charge in [-0.2, -0.15) is 0 Å². The summed E-state index contributed by atoms with van der Waals surface area (Å²) in [7, 11) is 0. The van der Waals surface area contributed by atoms with Crippen LogP contribution in [0.1, 0.15) is 31.4 Å². The van der Waals surface area contributed by atoms with E-state index in [4.69, 9.17) is 14.2 Å². The molecule has 19 heavy (non-hydrogen) atoms. The summed E-state index contributed by atoms with van der Waals surface area (Å²) in [6, 6.07) is 5.63. The first kappa shape index (κ1) is 12.3. The average molecular weight is 263 g/mol. The van der Waals surface area contributed by atoms with Gasteiger partial charge in [0, 0.05) is 6.61 Å². The molecule has 2 aliphatic heterocycles. The van der Waals surface area contributed by atoms with Crippen LogP contribution in [0.5, 0.6) is 11.5 Å². The van der Waals surface area contributed by atoms with Crippen LogP contribution in [-0.4, -0.2) is 25.4 Å². The van der Waals surface area contributed by atoms with E-state index in [0.29, 0.717) is 6.61 Å². The van der Waals surface area contributed by atoms with Crippen molar-refractivity contribution in [1.82, 2.24) is 5.32 Å². The van der Waals surface area contributed by atoms with Gasteiger partial charge in [0.25, 0.3) is 0 Å². The van der Waals surface area contributed by atoms with Crippen LogP contribution in [0.4, 0.5) is 0 Å². The Morgan fingerprint density at radius 2 is 2.21 bits per heavy atom. The van der Waals surface area contributed by atoms with Crippen LogP contribution in [0.25, 0.3) is 0 Å². The highest BCUT2D eigenvalue weighted by Gasteiger charge is 2.25. The Labute approximate surface area is 111 Å². The second-order valence-corrected chi connectivity index (χ2v) is 4.84. The van der Waals surface area contributed by atoms with Gasteiger partial charge in [-0.05, 0) is 37.5 Å². The van der Waals surface area contributed by atoms with Gasteiger partial charge in [0.15, 0.2) is 11.5 Å². The molecule has 1 saturated heterocycles. The lowest BCUT2D eigenvalue weighted by molar-refractivity contribution is -0.130. The minimum atomic E-state index is -0.295. The van der Waals surface area contributed by atoms with E-state index in [9.17, 15) is 4.79 Å². The molecule has 5 heteroatoms. The van der Waals surface area contributed by atoms with Gasteiger partial charge in [-0.3, -0.25) is 4.79 Å². The molecule has 1 aromatic rings. The van der Waals surface area contributed by atoms with Crippen LogP contribution in [0, 0.1) is 0 Å². The number of fused-ring (bicyclic) bond motifs is 1. The van der Waals surface area contributed by atoms with Crippen LogP contribution in [0.2, 0.25) is 0 Å². The number of hydrogen-bond donors (Lipinski definition) is 1. The molecular formula is C14H17NO4. The van der Waals surface area contributed by atoms with Crippen LogP contribution in [-0.2, 0) is 9.53 Å². The van der Waals surface area contributed by atoms with E-state index < -0.39 is 0 Å². The van der Waals surface area contributed by atoms with Gasteiger partial charge in [0.05, 0.1) is 6.04 Å². The first-order valence-corrected chi connectivity index (χ1v) is 6.55. The van der Waals surface area contributed by atoms with E-state index >= 15 is 0 Å². The van der Waals surface area contributed by atoms with Crippen molar-refractivity contribution in [1.29, 1.82) is 0 Å². The number of carbonyl (C=O) groups is 1. The molecule has 102 valence electrons. The second-order valence-electron chi connectivity index (χ2n) is 4.84. The molecule has 0 bridgehead atoms. The van der Waals surface area contributed by atoms with Crippen molar-refractivity contribution < 1.29 is 19.0 Å². The van der Waals surface area contributed by atoms with E-state index in [1.165, 1.54) is 0 Å². The van der Waals surface area contributed by atoms with Gasteiger partial charge in [-0.25, -0.2) is 0 Å². The molecule has 0 saturated carbocycles. The Bertz CT molecular complexity index is 482. The second kappa shape index (κ2) is 5.09. The van der Waals surface area contributed by atoms with Crippen molar-refractivity contribution in [3.8, 4) is 11.5 Å². The molecule has 0 aromatic heterocycles. The molecule has 0 radical (unpaired) electrons. The Balaban J connectivity index is 1.66. The lowest BCUT2D eigenvalue weighted by Crippen LogP contribution is -2.35. The molecule has 5 nitrogen and oxygen atoms in total. The molecule has 2 heterocycles. The van der Waals surface area contributed by atoms with Crippen molar-refractivity contribution >= 4 is 5.91 Å². The maximum absolute atomic E-state index is 12.0. The smallest absolute Gasteiger partial charge is 0.249 e.